The fraction of sp³-hybridized carbons (Fsp3) is 0.125. The Morgan fingerprint density at radius 3 is 2.70 bits per heavy atom. The summed E-state index contributed by atoms with van der Waals surface area (Å²) in [5.41, 5.74) is 1.37. The van der Waals surface area contributed by atoms with Crippen LogP contribution in [-0.4, -0.2) is 28.9 Å². The van der Waals surface area contributed by atoms with E-state index in [0.29, 0.717) is 16.3 Å². The number of phenolic OH excluding ortho intramolecular Hbond substituents is 1. The van der Waals surface area contributed by atoms with Gasteiger partial charge in [-0.25, -0.2) is 0 Å². The van der Waals surface area contributed by atoms with Gasteiger partial charge in [0.25, 0.3) is 0 Å². The summed E-state index contributed by atoms with van der Waals surface area (Å²) in [7, 11) is 0. The molecule has 0 heterocycles. The molecule has 0 aliphatic carbocycles. The number of benzene rings is 2. The number of aliphatic hydroxyl groups is 1. The van der Waals surface area contributed by atoms with Gasteiger partial charge in [0.2, 0.25) is 5.90 Å². The molecule has 2 aromatic carbocycles. The first-order valence-corrected chi connectivity index (χ1v) is 6.90. The van der Waals surface area contributed by atoms with Crippen LogP contribution in [0.3, 0.4) is 0 Å². The number of aryl methyl sites for hydroxylation is 1. The van der Waals surface area contributed by atoms with Gasteiger partial charge in [-0.3, -0.25) is 0 Å². The van der Waals surface area contributed by atoms with E-state index in [1.165, 1.54) is 12.3 Å². The molecule has 0 aliphatic heterocycles. The molecular weight excluding hydrogens is 367 g/mol. The minimum Gasteiger partial charge on any atom is -0.507 e. The summed E-state index contributed by atoms with van der Waals surface area (Å²) in [4.78, 5) is 0. The molecule has 2 rings (SSSR count). The SMILES string of the molecule is Cc1cc(Cl)ccc1OCC(O)=NN=Cc1ccccc1O.[Cu]. The number of rotatable bonds is 5. The van der Waals surface area contributed by atoms with E-state index in [2.05, 4.69) is 10.2 Å². The molecule has 0 amide bonds. The molecule has 0 saturated carbocycles. The van der Waals surface area contributed by atoms with Crippen LogP contribution in [0.1, 0.15) is 11.1 Å². The molecule has 2 aromatic rings. The summed E-state index contributed by atoms with van der Waals surface area (Å²) in [6.07, 6.45) is 1.35. The van der Waals surface area contributed by atoms with Gasteiger partial charge in [0, 0.05) is 27.7 Å². The van der Waals surface area contributed by atoms with E-state index in [1.807, 2.05) is 6.92 Å². The van der Waals surface area contributed by atoms with Crippen LogP contribution in [0.25, 0.3) is 0 Å². The van der Waals surface area contributed by atoms with Crippen molar-refractivity contribution < 1.29 is 32.0 Å². The Labute approximate surface area is 149 Å². The van der Waals surface area contributed by atoms with E-state index in [0.717, 1.165) is 5.56 Å². The molecule has 0 aromatic heterocycles. The Bertz CT molecular complexity index is 720. The predicted octanol–water partition coefficient (Wildman–Crippen LogP) is 3.72. The van der Waals surface area contributed by atoms with Crippen LogP contribution < -0.4 is 4.74 Å². The summed E-state index contributed by atoms with van der Waals surface area (Å²) >= 11 is 5.85. The van der Waals surface area contributed by atoms with Gasteiger partial charge in [-0.1, -0.05) is 23.7 Å². The predicted molar refractivity (Wildman–Crippen MR) is 87.4 cm³/mol. The first kappa shape index (κ1) is 19.0. The largest absolute Gasteiger partial charge is 0.507 e. The minimum atomic E-state index is -0.277. The van der Waals surface area contributed by atoms with Crippen LogP contribution in [0.2, 0.25) is 5.02 Å². The van der Waals surface area contributed by atoms with Gasteiger partial charge in [-0.15, -0.1) is 5.10 Å². The molecular formula is C16H15ClCuN2O3. The zero-order valence-electron chi connectivity index (χ0n) is 12.2. The Morgan fingerprint density at radius 1 is 1.26 bits per heavy atom. The zero-order chi connectivity index (χ0) is 15.9. The molecule has 0 atom stereocenters. The van der Waals surface area contributed by atoms with Crippen molar-refractivity contribution in [2.75, 3.05) is 6.61 Å². The Morgan fingerprint density at radius 2 is 2.00 bits per heavy atom. The van der Waals surface area contributed by atoms with Crippen LogP contribution in [0.4, 0.5) is 0 Å². The smallest absolute Gasteiger partial charge is 0.244 e. The molecule has 2 N–H and O–H groups in total. The maximum atomic E-state index is 9.63. The quantitative estimate of drug-likeness (QED) is 0.358. The molecule has 5 nitrogen and oxygen atoms in total. The van der Waals surface area contributed by atoms with Crippen LogP contribution in [0.5, 0.6) is 11.5 Å². The maximum Gasteiger partial charge on any atom is 0.244 e. The third-order valence-corrected chi connectivity index (χ3v) is 3.04. The van der Waals surface area contributed by atoms with Gasteiger partial charge in [0.15, 0.2) is 6.61 Å². The van der Waals surface area contributed by atoms with Crippen molar-refractivity contribution in [3.8, 4) is 11.5 Å². The van der Waals surface area contributed by atoms with Gasteiger partial charge in [-0.05, 0) is 42.8 Å². The first-order valence-electron chi connectivity index (χ1n) is 6.52. The van der Waals surface area contributed by atoms with Crippen LogP contribution in [-0.2, 0) is 17.1 Å². The standard InChI is InChI=1S/C16H15ClN2O3.Cu/c1-11-8-13(17)6-7-15(11)22-10-16(21)19-18-9-12-4-2-3-5-14(12)20;/h2-9,20H,10H2,1H3,(H,19,21);. The second-order valence-corrected chi connectivity index (χ2v) is 4.95. The zero-order valence-corrected chi connectivity index (χ0v) is 13.9. The number of hydrogen-bond acceptors (Lipinski definition) is 4. The molecule has 0 spiro atoms. The third-order valence-electron chi connectivity index (χ3n) is 2.80. The molecule has 0 unspecified atom stereocenters. The monoisotopic (exact) mass is 381 g/mol. The molecule has 0 bridgehead atoms. The summed E-state index contributed by atoms with van der Waals surface area (Å²) in [5.74, 6) is 0.422. The van der Waals surface area contributed by atoms with Crippen molar-refractivity contribution in [3.63, 3.8) is 0 Å². The maximum absolute atomic E-state index is 9.63. The Hall–Kier alpha value is -2.01. The molecule has 0 saturated heterocycles. The van der Waals surface area contributed by atoms with E-state index >= 15 is 0 Å². The van der Waals surface area contributed by atoms with Crippen molar-refractivity contribution in [2.45, 2.75) is 6.92 Å². The van der Waals surface area contributed by atoms with Crippen molar-refractivity contribution in [1.82, 2.24) is 0 Å². The molecule has 23 heavy (non-hydrogen) atoms. The molecule has 7 heteroatoms. The van der Waals surface area contributed by atoms with E-state index in [-0.39, 0.29) is 35.3 Å². The van der Waals surface area contributed by atoms with Crippen molar-refractivity contribution >= 4 is 23.7 Å². The number of hydrogen-bond donors (Lipinski definition) is 2. The number of halogens is 1. The summed E-state index contributed by atoms with van der Waals surface area (Å²) in [5, 5.41) is 27.1. The van der Waals surface area contributed by atoms with E-state index < -0.39 is 0 Å². The summed E-state index contributed by atoms with van der Waals surface area (Å²) in [6, 6.07) is 11.9. The van der Waals surface area contributed by atoms with E-state index in [4.69, 9.17) is 16.3 Å². The molecule has 0 aliphatic rings. The second kappa shape index (κ2) is 9.20. The minimum absolute atomic E-state index is 0. The number of aromatic hydroxyl groups is 1. The fourth-order valence-corrected chi connectivity index (χ4v) is 1.93. The molecule has 0 fully saturated rings. The second-order valence-electron chi connectivity index (χ2n) is 4.52. The fourth-order valence-electron chi connectivity index (χ4n) is 1.70. The van der Waals surface area contributed by atoms with Crippen LogP contribution >= 0.6 is 11.6 Å². The van der Waals surface area contributed by atoms with E-state index in [1.54, 1.807) is 36.4 Å². The Kier molecular flexibility index (Phi) is 7.62. The summed E-state index contributed by atoms with van der Waals surface area (Å²) in [6.45, 7) is 1.74. The van der Waals surface area contributed by atoms with Gasteiger partial charge >= 0.3 is 0 Å². The number of aliphatic hydroxyl groups excluding tert-OH is 1. The summed E-state index contributed by atoms with van der Waals surface area (Å²) < 4.78 is 5.42. The van der Waals surface area contributed by atoms with E-state index in [9.17, 15) is 10.2 Å². The number of ether oxygens (including phenoxy) is 1. The average Bonchev–Trinajstić information content (AvgIpc) is 2.48. The van der Waals surface area contributed by atoms with Gasteiger partial charge < -0.3 is 14.9 Å². The first-order chi connectivity index (χ1) is 10.6. The topological polar surface area (TPSA) is 74.4 Å². The average molecular weight is 382 g/mol. The number of nitrogens with zero attached hydrogens (tertiary/aromatic N) is 2. The van der Waals surface area contributed by atoms with Gasteiger partial charge in [-0.2, -0.15) is 5.10 Å². The number of para-hydroxylation sites is 1. The van der Waals surface area contributed by atoms with Gasteiger partial charge in [0.05, 0.1) is 6.21 Å². The van der Waals surface area contributed by atoms with Crippen LogP contribution in [0.15, 0.2) is 52.7 Å². The molecule has 1 radical (unpaired) electrons. The number of phenols is 1. The third kappa shape index (κ3) is 5.94. The molecule has 125 valence electrons. The van der Waals surface area contributed by atoms with Crippen molar-refractivity contribution in [1.29, 1.82) is 0 Å². The van der Waals surface area contributed by atoms with Gasteiger partial charge in [0.1, 0.15) is 11.5 Å². The Balaban J connectivity index is 0.00000264. The van der Waals surface area contributed by atoms with Crippen molar-refractivity contribution in [2.24, 2.45) is 10.2 Å². The van der Waals surface area contributed by atoms with Crippen LogP contribution in [0, 0.1) is 6.92 Å². The van der Waals surface area contributed by atoms with Crippen molar-refractivity contribution in [3.05, 3.63) is 58.6 Å². The normalized spacial score (nSPS) is 11.3.